The predicted molar refractivity (Wildman–Crippen MR) is 87.6 cm³/mol. The number of halogens is 1. The third-order valence-electron chi connectivity index (χ3n) is 2.86. The molecule has 108 valence electrons. The van der Waals surface area contributed by atoms with Crippen molar-refractivity contribution in [3.05, 3.63) is 44.3 Å². The van der Waals surface area contributed by atoms with Gasteiger partial charge in [0.2, 0.25) is 0 Å². The molecule has 0 atom stereocenters. The summed E-state index contributed by atoms with van der Waals surface area (Å²) < 4.78 is 6.94. The Morgan fingerprint density at radius 2 is 2.25 bits per heavy atom. The Balaban J connectivity index is 1.73. The number of thiophene rings is 1. The number of nitrogens with zero attached hydrogens (tertiary/aromatic N) is 1. The smallest absolute Gasteiger partial charge is 0.140 e. The van der Waals surface area contributed by atoms with E-state index < -0.39 is 0 Å². The number of rotatable bonds is 7. The van der Waals surface area contributed by atoms with Crippen molar-refractivity contribution in [1.82, 2.24) is 10.3 Å². The predicted octanol–water partition coefficient (Wildman–Crippen LogP) is 3.95. The third-order valence-corrected chi connectivity index (χ3v) is 4.56. The van der Waals surface area contributed by atoms with E-state index in [0.717, 1.165) is 41.1 Å². The average molecular weight is 355 g/mol. The van der Waals surface area contributed by atoms with Crippen LogP contribution in [0.15, 0.2) is 28.1 Å². The molecule has 3 nitrogen and oxygen atoms in total. The van der Waals surface area contributed by atoms with Gasteiger partial charge in [-0.15, -0.1) is 11.3 Å². The molecular formula is C15H19BrN2OS. The van der Waals surface area contributed by atoms with Gasteiger partial charge in [-0.3, -0.25) is 4.98 Å². The van der Waals surface area contributed by atoms with Gasteiger partial charge >= 0.3 is 0 Å². The molecule has 0 amide bonds. The van der Waals surface area contributed by atoms with Crippen LogP contribution in [0.4, 0.5) is 0 Å². The largest absolute Gasteiger partial charge is 0.490 e. The molecule has 2 heterocycles. The van der Waals surface area contributed by atoms with Crippen LogP contribution in [0.5, 0.6) is 5.75 Å². The molecule has 0 unspecified atom stereocenters. The number of aromatic nitrogens is 1. The molecule has 0 aliphatic rings. The highest BCUT2D eigenvalue weighted by atomic mass is 79.9. The van der Waals surface area contributed by atoms with Crippen molar-refractivity contribution in [1.29, 1.82) is 0 Å². The van der Waals surface area contributed by atoms with Gasteiger partial charge in [0.25, 0.3) is 0 Å². The van der Waals surface area contributed by atoms with Crippen molar-refractivity contribution in [2.24, 2.45) is 0 Å². The summed E-state index contributed by atoms with van der Waals surface area (Å²) in [5.74, 6) is 0.902. The molecule has 2 aromatic heterocycles. The molecule has 5 heteroatoms. The highest BCUT2D eigenvalue weighted by Gasteiger charge is 2.03. The Morgan fingerprint density at radius 3 is 2.95 bits per heavy atom. The van der Waals surface area contributed by atoms with Crippen molar-refractivity contribution in [3.63, 3.8) is 0 Å². The van der Waals surface area contributed by atoms with Gasteiger partial charge in [0, 0.05) is 33.5 Å². The Kier molecular flexibility index (Phi) is 6.01. The number of nitrogens with one attached hydrogen (secondary N) is 1. The summed E-state index contributed by atoms with van der Waals surface area (Å²) in [5.41, 5.74) is 2.07. The van der Waals surface area contributed by atoms with E-state index in [9.17, 15) is 0 Å². The highest BCUT2D eigenvalue weighted by Crippen LogP contribution is 2.19. The van der Waals surface area contributed by atoms with Crippen molar-refractivity contribution in [2.45, 2.75) is 26.8 Å². The van der Waals surface area contributed by atoms with Crippen LogP contribution >= 0.6 is 27.3 Å². The first kappa shape index (κ1) is 15.5. The lowest BCUT2D eigenvalue weighted by Crippen LogP contribution is -2.20. The summed E-state index contributed by atoms with van der Waals surface area (Å²) in [6, 6.07) is 6.14. The molecule has 0 bridgehead atoms. The highest BCUT2D eigenvalue weighted by molar-refractivity contribution is 9.10. The molecule has 20 heavy (non-hydrogen) atoms. The number of pyridine rings is 1. The van der Waals surface area contributed by atoms with E-state index in [4.69, 9.17) is 4.74 Å². The van der Waals surface area contributed by atoms with Gasteiger partial charge in [-0.1, -0.05) is 6.92 Å². The van der Waals surface area contributed by atoms with Gasteiger partial charge in [-0.2, -0.15) is 0 Å². The second-order valence-corrected chi connectivity index (χ2v) is 6.42. The van der Waals surface area contributed by atoms with Gasteiger partial charge in [0.15, 0.2) is 0 Å². The lowest BCUT2D eigenvalue weighted by atomic mass is 10.2. The molecule has 1 N–H and O–H groups in total. The molecule has 0 saturated carbocycles. The van der Waals surface area contributed by atoms with E-state index >= 15 is 0 Å². The summed E-state index contributed by atoms with van der Waals surface area (Å²) in [7, 11) is 0. The standard InChI is InChI=1S/C15H19BrN2OS/c1-3-14-15(5-4-11(2)18-14)19-7-6-17-9-13-8-12(16)10-20-13/h4-5,8,10,17H,3,6-7,9H2,1-2H3. The topological polar surface area (TPSA) is 34.1 Å². The molecule has 0 aromatic carbocycles. The molecule has 0 aliphatic heterocycles. The molecule has 0 spiro atoms. The Hall–Kier alpha value is -0.910. The first-order valence-electron chi connectivity index (χ1n) is 6.72. The quantitative estimate of drug-likeness (QED) is 0.764. The third kappa shape index (κ3) is 4.58. The van der Waals surface area contributed by atoms with E-state index in [1.54, 1.807) is 11.3 Å². The van der Waals surface area contributed by atoms with Crippen LogP contribution in [0, 0.1) is 6.92 Å². The fourth-order valence-electron chi connectivity index (χ4n) is 1.87. The van der Waals surface area contributed by atoms with Gasteiger partial charge < -0.3 is 10.1 Å². The average Bonchev–Trinajstić information content (AvgIpc) is 2.85. The van der Waals surface area contributed by atoms with Crippen molar-refractivity contribution in [3.8, 4) is 5.75 Å². The first-order chi connectivity index (χ1) is 9.69. The summed E-state index contributed by atoms with van der Waals surface area (Å²) in [6.07, 6.45) is 0.896. The Bertz CT molecular complexity index is 557. The van der Waals surface area contributed by atoms with E-state index in [0.29, 0.717) is 6.61 Å². The van der Waals surface area contributed by atoms with Crippen LogP contribution in [0.1, 0.15) is 23.2 Å². The minimum absolute atomic E-state index is 0.657. The van der Waals surface area contributed by atoms with E-state index in [-0.39, 0.29) is 0 Å². The molecule has 0 fully saturated rings. The normalized spacial score (nSPS) is 10.8. The monoisotopic (exact) mass is 354 g/mol. The molecule has 2 rings (SSSR count). The van der Waals surface area contributed by atoms with Gasteiger partial charge in [-0.05, 0) is 47.5 Å². The fourth-order valence-corrected chi connectivity index (χ4v) is 3.29. The van der Waals surface area contributed by atoms with E-state index in [1.165, 1.54) is 4.88 Å². The van der Waals surface area contributed by atoms with Crippen LogP contribution in [0.25, 0.3) is 0 Å². The summed E-state index contributed by atoms with van der Waals surface area (Å²) in [5, 5.41) is 5.47. The minimum Gasteiger partial charge on any atom is -0.490 e. The van der Waals surface area contributed by atoms with Crippen LogP contribution in [-0.4, -0.2) is 18.1 Å². The zero-order valence-electron chi connectivity index (χ0n) is 11.8. The maximum Gasteiger partial charge on any atom is 0.140 e. The zero-order valence-corrected chi connectivity index (χ0v) is 14.2. The van der Waals surface area contributed by atoms with Crippen LogP contribution in [-0.2, 0) is 13.0 Å². The number of ether oxygens (including phenoxy) is 1. The second-order valence-electron chi connectivity index (χ2n) is 4.51. The van der Waals surface area contributed by atoms with E-state index in [1.807, 2.05) is 19.1 Å². The van der Waals surface area contributed by atoms with Crippen LogP contribution < -0.4 is 10.1 Å². The van der Waals surface area contributed by atoms with Crippen molar-refractivity contribution < 1.29 is 4.74 Å². The molecular weight excluding hydrogens is 336 g/mol. The summed E-state index contributed by atoms with van der Waals surface area (Å²) >= 11 is 5.21. The maximum atomic E-state index is 5.80. The maximum absolute atomic E-state index is 5.80. The SMILES string of the molecule is CCc1nc(C)ccc1OCCNCc1cc(Br)cs1. The van der Waals surface area contributed by atoms with Crippen LogP contribution in [0.3, 0.4) is 0 Å². The first-order valence-corrected chi connectivity index (χ1v) is 8.39. The Labute approximate surface area is 132 Å². The molecule has 0 saturated heterocycles. The summed E-state index contributed by atoms with van der Waals surface area (Å²) in [4.78, 5) is 5.81. The van der Waals surface area contributed by atoms with E-state index in [2.05, 4.69) is 44.6 Å². The van der Waals surface area contributed by atoms with Crippen LogP contribution in [0.2, 0.25) is 0 Å². The molecule has 0 aliphatic carbocycles. The van der Waals surface area contributed by atoms with Gasteiger partial charge in [0.1, 0.15) is 12.4 Å². The minimum atomic E-state index is 0.657. The molecule has 0 radical (unpaired) electrons. The lowest BCUT2D eigenvalue weighted by Gasteiger charge is -2.10. The summed E-state index contributed by atoms with van der Waals surface area (Å²) in [6.45, 7) is 6.47. The number of hydrogen-bond acceptors (Lipinski definition) is 4. The number of hydrogen-bond donors (Lipinski definition) is 1. The molecule has 2 aromatic rings. The van der Waals surface area contributed by atoms with Gasteiger partial charge in [0.05, 0.1) is 5.69 Å². The van der Waals surface area contributed by atoms with Crippen molar-refractivity contribution >= 4 is 27.3 Å². The lowest BCUT2D eigenvalue weighted by molar-refractivity contribution is 0.309. The second kappa shape index (κ2) is 7.76. The number of aryl methyl sites for hydroxylation is 2. The van der Waals surface area contributed by atoms with Gasteiger partial charge in [-0.25, -0.2) is 0 Å². The Morgan fingerprint density at radius 1 is 1.40 bits per heavy atom. The van der Waals surface area contributed by atoms with Crippen molar-refractivity contribution in [2.75, 3.05) is 13.2 Å². The zero-order chi connectivity index (χ0) is 14.4. The fraction of sp³-hybridized carbons (Fsp3) is 0.400.